The van der Waals surface area contributed by atoms with Crippen LogP contribution in [0.1, 0.15) is 40.4 Å². The van der Waals surface area contributed by atoms with Crippen molar-refractivity contribution in [2.75, 3.05) is 0 Å². The first-order valence-corrected chi connectivity index (χ1v) is 8.90. The van der Waals surface area contributed by atoms with Gasteiger partial charge in [-0.3, -0.25) is 4.79 Å². The molecule has 0 fully saturated rings. The lowest BCUT2D eigenvalue weighted by Gasteiger charge is -2.17. The monoisotopic (exact) mass is 348 g/mol. The van der Waals surface area contributed by atoms with Gasteiger partial charge in [-0.05, 0) is 50.8 Å². The van der Waals surface area contributed by atoms with E-state index in [0.717, 1.165) is 41.3 Å². The summed E-state index contributed by atoms with van der Waals surface area (Å²) in [7, 11) is 0. The molecule has 2 aromatic carbocycles. The number of benzene rings is 2. The highest BCUT2D eigenvalue weighted by Gasteiger charge is 2.23. The lowest BCUT2D eigenvalue weighted by atomic mass is 10.0. The van der Waals surface area contributed by atoms with Gasteiger partial charge in [-0.25, -0.2) is 4.79 Å². The van der Waals surface area contributed by atoms with Gasteiger partial charge in [-0.15, -0.1) is 0 Å². The van der Waals surface area contributed by atoms with Crippen molar-refractivity contribution in [1.29, 1.82) is 0 Å². The highest BCUT2D eigenvalue weighted by atomic mass is 16.5. The summed E-state index contributed by atoms with van der Waals surface area (Å²) in [6.45, 7) is 3.60. The quantitative estimate of drug-likeness (QED) is 0.523. The maximum absolute atomic E-state index is 12.5. The zero-order valence-corrected chi connectivity index (χ0v) is 14.9. The molecule has 0 saturated carbocycles. The Morgan fingerprint density at radius 3 is 2.58 bits per heavy atom. The molecule has 4 heteroatoms. The molecule has 4 nitrogen and oxygen atoms in total. The van der Waals surface area contributed by atoms with Gasteiger partial charge in [0.2, 0.25) is 5.78 Å². The zero-order valence-electron chi connectivity index (χ0n) is 14.9. The van der Waals surface area contributed by atoms with E-state index in [4.69, 9.17) is 9.15 Å². The van der Waals surface area contributed by atoms with Gasteiger partial charge in [0.05, 0.1) is 0 Å². The molecule has 1 aliphatic rings. The molecule has 1 aliphatic carbocycles. The van der Waals surface area contributed by atoms with E-state index in [-0.39, 0.29) is 11.4 Å². The van der Waals surface area contributed by atoms with Crippen molar-refractivity contribution >= 4 is 16.8 Å². The molecule has 1 atom stereocenters. The molecule has 4 rings (SSSR count). The summed E-state index contributed by atoms with van der Waals surface area (Å²) in [5.74, 6) is 0.482. The third kappa shape index (κ3) is 2.71. The minimum absolute atomic E-state index is 0.0829. The normalized spacial score (nSPS) is 14.2. The maximum atomic E-state index is 12.5. The number of aryl methyl sites for hydroxylation is 2. The Bertz CT molecular complexity index is 1050. The zero-order chi connectivity index (χ0) is 18.3. The minimum atomic E-state index is -0.630. The molecule has 26 heavy (non-hydrogen) atoms. The molecular formula is C22H20O4. The van der Waals surface area contributed by atoms with E-state index < -0.39 is 6.10 Å². The third-order valence-electron chi connectivity index (χ3n) is 5.07. The molecule has 3 aromatic rings. The smallest absolute Gasteiger partial charge is 0.339 e. The molecular weight excluding hydrogens is 328 g/mol. The first-order chi connectivity index (χ1) is 12.6. The van der Waals surface area contributed by atoms with Gasteiger partial charge in [0.15, 0.2) is 6.10 Å². The molecule has 132 valence electrons. The molecule has 0 amide bonds. The first kappa shape index (κ1) is 16.6. The molecule has 1 heterocycles. The summed E-state index contributed by atoms with van der Waals surface area (Å²) in [5.41, 5.74) is 3.58. The average molecular weight is 348 g/mol. The molecule has 0 saturated heterocycles. The van der Waals surface area contributed by atoms with Crippen LogP contribution in [0.4, 0.5) is 0 Å². The molecule has 0 bridgehead atoms. The van der Waals surface area contributed by atoms with E-state index >= 15 is 0 Å². The van der Waals surface area contributed by atoms with Crippen molar-refractivity contribution in [2.24, 2.45) is 0 Å². The van der Waals surface area contributed by atoms with Crippen LogP contribution in [-0.4, -0.2) is 11.9 Å². The van der Waals surface area contributed by atoms with E-state index in [1.807, 2.05) is 37.3 Å². The van der Waals surface area contributed by atoms with Crippen molar-refractivity contribution in [3.05, 3.63) is 75.1 Å². The van der Waals surface area contributed by atoms with Crippen LogP contribution in [0.15, 0.2) is 51.7 Å². The second-order valence-electron chi connectivity index (χ2n) is 6.76. The molecule has 1 aromatic heterocycles. The summed E-state index contributed by atoms with van der Waals surface area (Å²) >= 11 is 0. The van der Waals surface area contributed by atoms with Crippen LogP contribution in [0.25, 0.3) is 11.0 Å². The molecule has 0 radical (unpaired) electrons. The van der Waals surface area contributed by atoms with Gasteiger partial charge < -0.3 is 9.15 Å². The van der Waals surface area contributed by atoms with Crippen molar-refractivity contribution in [3.63, 3.8) is 0 Å². The summed E-state index contributed by atoms with van der Waals surface area (Å²) in [6, 6.07) is 12.9. The summed E-state index contributed by atoms with van der Waals surface area (Å²) in [5, 5.41) is 0.976. The van der Waals surface area contributed by atoms with Gasteiger partial charge in [0.1, 0.15) is 11.3 Å². The van der Waals surface area contributed by atoms with E-state index in [9.17, 15) is 9.59 Å². The Morgan fingerprint density at radius 1 is 1.08 bits per heavy atom. The molecule has 0 N–H and O–H groups in total. The minimum Gasteiger partial charge on any atom is -0.482 e. The van der Waals surface area contributed by atoms with Crippen LogP contribution in [0.5, 0.6) is 5.75 Å². The Labute approximate surface area is 151 Å². The largest absolute Gasteiger partial charge is 0.482 e. The number of ketones is 1. The molecule has 0 spiro atoms. The van der Waals surface area contributed by atoms with Crippen molar-refractivity contribution in [1.82, 2.24) is 0 Å². The number of rotatable bonds is 4. The fourth-order valence-corrected chi connectivity index (χ4v) is 3.67. The Hall–Kier alpha value is -2.88. The SMILES string of the molecule is Cc1c(O[C@H](C)C(=O)c2ccccc2)ccc2c3c(c(=O)oc12)CCC3. The van der Waals surface area contributed by atoms with E-state index in [1.165, 1.54) is 0 Å². The fourth-order valence-electron chi connectivity index (χ4n) is 3.67. The van der Waals surface area contributed by atoms with Crippen molar-refractivity contribution in [3.8, 4) is 5.75 Å². The Kier molecular flexibility index (Phi) is 4.11. The summed E-state index contributed by atoms with van der Waals surface area (Å²) in [4.78, 5) is 24.8. The van der Waals surface area contributed by atoms with Crippen LogP contribution in [-0.2, 0) is 12.8 Å². The fraction of sp³-hybridized carbons (Fsp3) is 0.273. The highest BCUT2D eigenvalue weighted by molar-refractivity contribution is 5.99. The predicted molar refractivity (Wildman–Crippen MR) is 100 cm³/mol. The number of carbonyl (C=O) groups is 1. The first-order valence-electron chi connectivity index (χ1n) is 8.90. The van der Waals surface area contributed by atoms with Crippen LogP contribution in [0.2, 0.25) is 0 Å². The number of hydrogen-bond acceptors (Lipinski definition) is 4. The third-order valence-corrected chi connectivity index (χ3v) is 5.07. The van der Waals surface area contributed by atoms with Crippen LogP contribution < -0.4 is 10.4 Å². The molecule has 0 unspecified atom stereocenters. The highest BCUT2D eigenvalue weighted by Crippen LogP contribution is 2.33. The number of hydrogen-bond donors (Lipinski definition) is 0. The summed E-state index contributed by atoms with van der Waals surface area (Å²) in [6.07, 6.45) is 2.04. The maximum Gasteiger partial charge on any atom is 0.339 e. The van der Waals surface area contributed by atoms with Gasteiger partial charge >= 0.3 is 5.63 Å². The van der Waals surface area contributed by atoms with Crippen LogP contribution in [0, 0.1) is 6.92 Å². The standard InChI is InChI=1S/C22H20O4/c1-13-19(25-14(2)20(23)15-7-4-3-5-8-15)12-11-17-16-9-6-10-18(16)22(24)26-21(13)17/h3-5,7-8,11-12,14H,6,9-10H2,1-2H3/t14-/m1/s1. The van der Waals surface area contributed by atoms with Gasteiger partial charge in [0, 0.05) is 22.1 Å². The van der Waals surface area contributed by atoms with Gasteiger partial charge in [0.25, 0.3) is 0 Å². The Morgan fingerprint density at radius 2 is 1.81 bits per heavy atom. The number of ether oxygens (including phenoxy) is 1. The van der Waals surface area contributed by atoms with E-state index in [2.05, 4.69) is 0 Å². The molecule has 0 aliphatic heterocycles. The van der Waals surface area contributed by atoms with Gasteiger partial charge in [-0.1, -0.05) is 30.3 Å². The number of fused-ring (bicyclic) bond motifs is 3. The second kappa shape index (κ2) is 6.45. The second-order valence-corrected chi connectivity index (χ2v) is 6.76. The Balaban J connectivity index is 1.70. The summed E-state index contributed by atoms with van der Waals surface area (Å²) < 4.78 is 11.5. The topological polar surface area (TPSA) is 56.5 Å². The van der Waals surface area contributed by atoms with Gasteiger partial charge in [-0.2, -0.15) is 0 Å². The van der Waals surface area contributed by atoms with E-state index in [1.54, 1.807) is 19.1 Å². The average Bonchev–Trinajstić information content (AvgIpc) is 3.15. The van der Waals surface area contributed by atoms with E-state index in [0.29, 0.717) is 16.9 Å². The number of carbonyl (C=O) groups excluding carboxylic acids is 1. The van der Waals surface area contributed by atoms with Crippen molar-refractivity contribution < 1.29 is 13.9 Å². The number of Topliss-reactive ketones (excluding diaryl/α,β-unsaturated/α-hetero) is 1. The lowest BCUT2D eigenvalue weighted by Crippen LogP contribution is -2.24. The lowest BCUT2D eigenvalue weighted by molar-refractivity contribution is 0.0817. The van der Waals surface area contributed by atoms with Crippen LogP contribution >= 0.6 is 0 Å². The van der Waals surface area contributed by atoms with Crippen molar-refractivity contribution in [2.45, 2.75) is 39.2 Å². The predicted octanol–water partition coefficient (Wildman–Crippen LogP) is 4.24. The van der Waals surface area contributed by atoms with Crippen LogP contribution in [0.3, 0.4) is 0 Å².